The van der Waals surface area contributed by atoms with Gasteiger partial charge in [-0.15, -0.1) is 0 Å². The van der Waals surface area contributed by atoms with E-state index in [0.29, 0.717) is 13.2 Å². The highest BCUT2D eigenvalue weighted by atomic mass is 16.5. The Kier molecular flexibility index (Phi) is 10.6. The summed E-state index contributed by atoms with van der Waals surface area (Å²) in [4.78, 5) is 4.58. The van der Waals surface area contributed by atoms with Crippen LogP contribution in [0.25, 0.3) is 0 Å². The van der Waals surface area contributed by atoms with E-state index < -0.39 is 0 Å². The van der Waals surface area contributed by atoms with Crippen molar-refractivity contribution in [1.82, 2.24) is 0 Å². The molecular weight excluding hydrogens is 400 g/mol. The van der Waals surface area contributed by atoms with Gasteiger partial charge in [-0.3, -0.25) is 0 Å². The minimum absolute atomic E-state index is 0.600. The maximum Gasteiger partial charge on any atom is 0.130 e. The summed E-state index contributed by atoms with van der Waals surface area (Å²) in [5, 5.41) is 8.54. The topological polar surface area (TPSA) is 49.7 Å². The van der Waals surface area contributed by atoms with Gasteiger partial charge in [0, 0.05) is 60.8 Å². The quantitative estimate of drug-likeness (QED) is 0.300. The molecule has 0 aliphatic heterocycles. The molecule has 0 saturated heterocycles. The Morgan fingerprint density at radius 1 is 0.625 bits per heavy atom. The van der Waals surface area contributed by atoms with Crippen molar-refractivity contribution in [1.29, 1.82) is 0 Å². The molecule has 0 radical (unpaired) electrons. The van der Waals surface area contributed by atoms with Gasteiger partial charge in [-0.2, -0.15) is 10.2 Å². The van der Waals surface area contributed by atoms with Crippen molar-refractivity contribution in [2.75, 3.05) is 49.2 Å². The van der Waals surface area contributed by atoms with E-state index in [4.69, 9.17) is 9.47 Å². The molecule has 0 bridgehead atoms. The largest absolute Gasteiger partial charge is 0.493 e. The molecule has 32 heavy (non-hydrogen) atoms. The second-order valence-corrected chi connectivity index (χ2v) is 7.14. The molecule has 0 aromatic heterocycles. The molecule has 0 fully saturated rings. The molecule has 0 unspecified atom stereocenters. The van der Waals surface area contributed by atoms with E-state index in [1.165, 1.54) is 0 Å². The monoisotopic (exact) mass is 438 g/mol. The van der Waals surface area contributed by atoms with Crippen LogP contribution in [0.15, 0.2) is 46.6 Å². The summed E-state index contributed by atoms with van der Waals surface area (Å²) in [6.07, 6.45) is 3.47. The number of rotatable bonds is 13. The lowest BCUT2D eigenvalue weighted by Crippen LogP contribution is -2.21. The van der Waals surface area contributed by atoms with Crippen molar-refractivity contribution in [3.8, 4) is 11.5 Å². The molecule has 0 aliphatic rings. The molecule has 0 spiro atoms. The number of benzene rings is 2. The van der Waals surface area contributed by atoms with Gasteiger partial charge in [-0.25, -0.2) is 0 Å². The Bertz CT molecular complexity index is 814. The van der Waals surface area contributed by atoms with Gasteiger partial charge in [0.1, 0.15) is 11.5 Å². The summed E-state index contributed by atoms with van der Waals surface area (Å²) in [5.41, 5.74) is 4.10. The lowest BCUT2D eigenvalue weighted by atomic mass is 10.1. The van der Waals surface area contributed by atoms with Gasteiger partial charge in [0.05, 0.1) is 25.6 Å². The van der Waals surface area contributed by atoms with E-state index in [9.17, 15) is 0 Å². The van der Waals surface area contributed by atoms with Crippen molar-refractivity contribution >= 4 is 23.8 Å². The molecule has 0 N–H and O–H groups in total. The van der Waals surface area contributed by atoms with Crippen LogP contribution >= 0.6 is 0 Å². The van der Waals surface area contributed by atoms with E-state index >= 15 is 0 Å². The van der Waals surface area contributed by atoms with Crippen LogP contribution in [0.2, 0.25) is 0 Å². The molecular formula is C26H38N4O2. The Morgan fingerprint density at radius 3 is 1.31 bits per heavy atom. The van der Waals surface area contributed by atoms with Crippen molar-refractivity contribution in [2.24, 2.45) is 10.2 Å². The fraction of sp³-hybridized carbons (Fsp3) is 0.462. The van der Waals surface area contributed by atoms with Crippen LogP contribution in [0.1, 0.15) is 52.7 Å². The number of nitrogens with zero attached hydrogens (tertiary/aromatic N) is 4. The summed E-state index contributed by atoms with van der Waals surface area (Å²) in [5.74, 6) is 1.63. The van der Waals surface area contributed by atoms with Gasteiger partial charge in [0.15, 0.2) is 0 Å². The van der Waals surface area contributed by atoms with Crippen LogP contribution in [0.4, 0.5) is 11.4 Å². The fourth-order valence-corrected chi connectivity index (χ4v) is 3.58. The van der Waals surface area contributed by atoms with E-state index in [0.717, 1.165) is 60.2 Å². The summed E-state index contributed by atoms with van der Waals surface area (Å²) in [6.45, 7) is 17.6. The van der Waals surface area contributed by atoms with Crippen molar-refractivity contribution < 1.29 is 9.47 Å². The lowest BCUT2D eigenvalue weighted by molar-refractivity contribution is 0.339. The normalized spacial score (nSPS) is 11.3. The third-order valence-electron chi connectivity index (χ3n) is 5.31. The zero-order valence-corrected chi connectivity index (χ0v) is 20.5. The molecule has 174 valence electrons. The fourth-order valence-electron chi connectivity index (χ4n) is 3.58. The number of ether oxygens (including phenoxy) is 2. The van der Waals surface area contributed by atoms with Crippen LogP contribution in [0.5, 0.6) is 11.5 Å². The van der Waals surface area contributed by atoms with Crippen molar-refractivity contribution in [2.45, 2.75) is 41.5 Å². The van der Waals surface area contributed by atoms with E-state index in [-0.39, 0.29) is 0 Å². The predicted molar refractivity (Wildman–Crippen MR) is 138 cm³/mol. The number of hydrogen-bond acceptors (Lipinski definition) is 6. The standard InChI is InChI=1S/C26H38N4O2/c1-7-29(8-2)23-15-13-21(25(17-23)31-11-5)19-27-28-20-22-14-16-24(30(9-3)10-4)18-26(22)32-12-6/h13-20H,7-12H2,1-6H3. The summed E-state index contributed by atoms with van der Waals surface area (Å²) in [7, 11) is 0. The zero-order chi connectivity index (χ0) is 23.3. The van der Waals surface area contributed by atoms with Gasteiger partial charge >= 0.3 is 0 Å². The second kappa shape index (κ2) is 13.4. The van der Waals surface area contributed by atoms with Gasteiger partial charge in [0.2, 0.25) is 0 Å². The van der Waals surface area contributed by atoms with Crippen LogP contribution in [0.3, 0.4) is 0 Å². The molecule has 0 heterocycles. The van der Waals surface area contributed by atoms with Crippen LogP contribution < -0.4 is 19.3 Å². The van der Waals surface area contributed by atoms with E-state index in [1.807, 2.05) is 26.0 Å². The summed E-state index contributed by atoms with van der Waals surface area (Å²) < 4.78 is 11.7. The van der Waals surface area contributed by atoms with Crippen molar-refractivity contribution in [3.63, 3.8) is 0 Å². The highest BCUT2D eigenvalue weighted by Crippen LogP contribution is 2.26. The molecule has 6 nitrogen and oxygen atoms in total. The molecule has 2 aromatic rings. The Morgan fingerprint density at radius 2 is 1.00 bits per heavy atom. The SMILES string of the molecule is CCOc1cc(N(CC)CC)ccc1C=NN=Cc1ccc(N(CC)CC)cc1OCC. The molecule has 6 heteroatoms. The minimum Gasteiger partial charge on any atom is -0.493 e. The molecule has 0 amide bonds. The Hall–Kier alpha value is -3.02. The molecule has 0 atom stereocenters. The molecule has 2 rings (SSSR count). The zero-order valence-electron chi connectivity index (χ0n) is 20.5. The van der Waals surface area contributed by atoms with Crippen LogP contribution in [-0.4, -0.2) is 51.8 Å². The van der Waals surface area contributed by atoms with Gasteiger partial charge < -0.3 is 19.3 Å². The number of hydrogen-bond donors (Lipinski definition) is 0. The van der Waals surface area contributed by atoms with Crippen molar-refractivity contribution in [3.05, 3.63) is 47.5 Å². The first-order chi connectivity index (χ1) is 15.6. The van der Waals surface area contributed by atoms with Crippen LogP contribution in [0, 0.1) is 0 Å². The average molecular weight is 439 g/mol. The van der Waals surface area contributed by atoms with E-state index in [1.54, 1.807) is 12.4 Å². The lowest BCUT2D eigenvalue weighted by Gasteiger charge is -2.22. The second-order valence-electron chi connectivity index (χ2n) is 7.14. The maximum atomic E-state index is 5.85. The highest BCUT2D eigenvalue weighted by Gasteiger charge is 2.09. The first-order valence-corrected chi connectivity index (χ1v) is 11.7. The van der Waals surface area contributed by atoms with Gasteiger partial charge in [0.25, 0.3) is 0 Å². The first-order valence-electron chi connectivity index (χ1n) is 11.7. The molecule has 0 aliphatic carbocycles. The predicted octanol–water partition coefficient (Wildman–Crippen LogP) is 5.63. The minimum atomic E-state index is 0.600. The third kappa shape index (κ3) is 6.74. The van der Waals surface area contributed by atoms with Gasteiger partial charge in [-0.1, -0.05) is 0 Å². The van der Waals surface area contributed by atoms with Gasteiger partial charge in [-0.05, 0) is 65.8 Å². The number of anilines is 2. The smallest absolute Gasteiger partial charge is 0.130 e. The molecule has 0 saturated carbocycles. The Labute approximate surface area is 193 Å². The Balaban J connectivity index is 2.23. The van der Waals surface area contributed by atoms with E-state index in [2.05, 4.69) is 72.0 Å². The first kappa shape index (κ1) is 25.2. The third-order valence-corrected chi connectivity index (χ3v) is 5.31. The highest BCUT2D eigenvalue weighted by molar-refractivity contribution is 5.87. The molecule has 2 aromatic carbocycles. The maximum absolute atomic E-state index is 5.85. The summed E-state index contributed by atoms with van der Waals surface area (Å²) in [6, 6.07) is 12.4. The summed E-state index contributed by atoms with van der Waals surface area (Å²) >= 11 is 0. The van der Waals surface area contributed by atoms with Crippen LogP contribution in [-0.2, 0) is 0 Å². The average Bonchev–Trinajstić information content (AvgIpc) is 2.81.